The molecular formula is C19H26F3NO5. The number of hydrogen-bond acceptors (Lipinski definition) is 5. The van der Waals surface area contributed by atoms with Crippen LogP contribution in [0, 0.1) is 11.3 Å². The Labute approximate surface area is 162 Å². The molecule has 0 aromatic heterocycles. The van der Waals surface area contributed by atoms with Crippen LogP contribution >= 0.6 is 0 Å². The Hall–Kier alpha value is -1.84. The SMILES string of the molecule is CCOC[C@]12COC[C@H]1CN(Cc1ccccc1OC)C2.O=C(O)C(F)(F)F. The highest BCUT2D eigenvalue weighted by atomic mass is 19.4. The van der Waals surface area contributed by atoms with Gasteiger partial charge in [0.2, 0.25) is 0 Å². The Bertz CT molecular complexity index is 655. The van der Waals surface area contributed by atoms with Crippen LogP contribution in [0.5, 0.6) is 5.75 Å². The summed E-state index contributed by atoms with van der Waals surface area (Å²) in [4.78, 5) is 11.4. The maximum absolute atomic E-state index is 10.6. The van der Waals surface area contributed by atoms with E-state index in [1.165, 1.54) is 5.56 Å². The van der Waals surface area contributed by atoms with Gasteiger partial charge in [-0.3, -0.25) is 4.90 Å². The van der Waals surface area contributed by atoms with E-state index in [1.54, 1.807) is 7.11 Å². The Morgan fingerprint density at radius 2 is 2.07 bits per heavy atom. The molecule has 2 fully saturated rings. The van der Waals surface area contributed by atoms with Crippen LogP contribution in [-0.2, 0) is 20.8 Å². The summed E-state index contributed by atoms with van der Waals surface area (Å²) in [5.41, 5.74) is 1.45. The monoisotopic (exact) mass is 405 g/mol. The van der Waals surface area contributed by atoms with E-state index in [2.05, 4.69) is 24.0 Å². The molecule has 2 heterocycles. The lowest BCUT2D eigenvalue weighted by Gasteiger charge is -2.27. The van der Waals surface area contributed by atoms with E-state index in [9.17, 15) is 13.2 Å². The van der Waals surface area contributed by atoms with Gasteiger partial charge in [0.15, 0.2) is 0 Å². The molecule has 1 aromatic carbocycles. The highest BCUT2D eigenvalue weighted by Crippen LogP contribution is 2.42. The van der Waals surface area contributed by atoms with Gasteiger partial charge in [0.25, 0.3) is 0 Å². The number of rotatable bonds is 6. The van der Waals surface area contributed by atoms with E-state index in [0.717, 1.165) is 51.8 Å². The van der Waals surface area contributed by atoms with Crippen molar-refractivity contribution < 1.29 is 37.3 Å². The zero-order valence-corrected chi connectivity index (χ0v) is 16.0. The molecule has 28 heavy (non-hydrogen) atoms. The summed E-state index contributed by atoms with van der Waals surface area (Å²) in [6.07, 6.45) is -5.08. The smallest absolute Gasteiger partial charge is 0.490 e. The van der Waals surface area contributed by atoms with Crippen molar-refractivity contribution in [2.75, 3.05) is 46.6 Å². The van der Waals surface area contributed by atoms with Crippen LogP contribution < -0.4 is 4.74 Å². The molecule has 0 aliphatic carbocycles. The second kappa shape index (κ2) is 9.58. The number of ether oxygens (including phenoxy) is 3. The number of para-hydroxylation sites is 1. The summed E-state index contributed by atoms with van der Waals surface area (Å²) in [6.45, 7) is 8.44. The van der Waals surface area contributed by atoms with Gasteiger partial charge in [-0.05, 0) is 13.0 Å². The lowest BCUT2D eigenvalue weighted by Crippen LogP contribution is -2.35. The van der Waals surface area contributed by atoms with Crippen LogP contribution in [0.15, 0.2) is 24.3 Å². The molecule has 2 aliphatic rings. The van der Waals surface area contributed by atoms with Crippen LogP contribution in [-0.4, -0.2) is 68.8 Å². The maximum atomic E-state index is 10.6. The highest BCUT2D eigenvalue weighted by Gasteiger charge is 2.50. The van der Waals surface area contributed by atoms with Gasteiger partial charge in [-0.2, -0.15) is 13.2 Å². The van der Waals surface area contributed by atoms with E-state index < -0.39 is 12.1 Å². The minimum atomic E-state index is -5.08. The number of aliphatic carboxylic acids is 1. The third kappa shape index (κ3) is 5.59. The molecule has 0 amide bonds. The lowest BCUT2D eigenvalue weighted by atomic mass is 9.82. The number of fused-ring (bicyclic) bond motifs is 1. The highest BCUT2D eigenvalue weighted by molar-refractivity contribution is 5.73. The molecule has 2 aliphatic heterocycles. The van der Waals surface area contributed by atoms with Crippen molar-refractivity contribution in [3.05, 3.63) is 29.8 Å². The fraction of sp³-hybridized carbons (Fsp3) is 0.632. The average Bonchev–Trinajstić information content (AvgIpc) is 3.17. The number of halogens is 3. The predicted molar refractivity (Wildman–Crippen MR) is 95.2 cm³/mol. The molecule has 158 valence electrons. The maximum Gasteiger partial charge on any atom is 0.490 e. The number of alkyl halides is 3. The molecule has 6 nitrogen and oxygen atoms in total. The van der Waals surface area contributed by atoms with Crippen molar-refractivity contribution in [3.63, 3.8) is 0 Å². The minimum absolute atomic E-state index is 0.192. The second-order valence-electron chi connectivity index (χ2n) is 7.00. The van der Waals surface area contributed by atoms with Crippen molar-refractivity contribution in [2.45, 2.75) is 19.6 Å². The molecule has 1 N–H and O–H groups in total. The normalized spacial score (nSPS) is 24.4. The predicted octanol–water partition coefficient (Wildman–Crippen LogP) is 2.81. The van der Waals surface area contributed by atoms with E-state index in [0.29, 0.717) is 5.92 Å². The molecule has 0 unspecified atom stereocenters. The van der Waals surface area contributed by atoms with Crippen LogP contribution in [0.4, 0.5) is 13.2 Å². The molecule has 1 aromatic rings. The van der Waals surface area contributed by atoms with Gasteiger partial charge >= 0.3 is 12.1 Å². The van der Waals surface area contributed by atoms with Crippen molar-refractivity contribution >= 4 is 5.97 Å². The number of carboxylic acids is 1. The first kappa shape index (κ1) is 22.4. The standard InChI is InChI=1S/C17H25NO3.C2HF3O2/c1-3-20-12-17-11-18(9-15(17)10-21-13-17)8-14-6-4-5-7-16(14)19-2;3-2(4,5)1(6)7/h4-7,15H,3,8-13H2,1-2H3;(H,6,7)/t15-,17-;/m1./s1. The first-order valence-electron chi connectivity index (χ1n) is 9.01. The number of likely N-dealkylation sites (tertiary alicyclic amines) is 1. The molecule has 0 bridgehead atoms. The van der Waals surface area contributed by atoms with Crippen LogP contribution in [0.3, 0.4) is 0 Å². The van der Waals surface area contributed by atoms with Gasteiger partial charge in [0, 0.05) is 43.1 Å². The molecular weight excluding hydrogens is 379 g/mol. The fourth-order valence-electron chi connectivity index (χ4n) is 3.65. The van der Waals surface area contributed by atoms with Crippen LogP contribution in [0.2, 0.25) is 0 Å². The number of methoxy groups -OCH3 is 1. The molecule has 0 saturated carbocycles. The summed E-state index contributed by atoms with van der Waals surface area (Å²) in [7, 11) is 1.74. The first-order valence-corrected chi connectivity index (χ1v) is 9.01. The second-order valence-corrected chi connectivity index (χ2v) is 7.00. The quantitative estimate of drug-likeness (QED) is 0.785. The van der Waals surface area contributed by atoms with Gasteiger partial charge in [-0.1, -0.05) is 18.2 Å². The van der Waals surface area contributed by atoms with Gasteiger partial charge in [0.1, 0.15) is 5.75 Å². The van der Waals surface area contributed by atoms with E-state index in [4.69, 9.17) is 24.1 Å². The van der Waals surface area contributed by atoms with Crippen molar-refractivity contribution in [3.8, 4) is 5.75 Å². The van der Waals surface area contributed by atoms with Gasteiger partial charge in [-0.15, -0.1) is 0 Å². The van der Waals surface area contributed by atoms with Crippen molar-refractivity contribution in [1.82, 2.24) is 4.90 Å². The van der Waals surface area contributed by atoms with Gasteiger partial charge in [-0.25, -0.2) is 4.79 Å². The number of nitrogens with zero attached hydrogens (tertiary/aromatic N) is 1. The van der Waals surface area contributed by atoms with Gasteiger partial charge in [0.05, 0.1) is 26.9 Å². The fourth-order valence-corrected chi connectivity index (χ4v) is 3.65. The lowest BCUT2D eigenvalue weighted by molar-refractivity contribution is -0.192. The molecule has 3 rings (SSSR count). The number of benzene rings is 1. The number of hydrogen-bond donors (Lipinski definition) is 1. The summed E-state index contributed by atoms with van der Waals surface area (Å²) in [5, 5.41) is 7.12. The van der Waals surface area contributed by atoms with Crippen molar-refractivity contribution in [2.24, 2.45) is 11.3 Å². The summed E-state index contributed by atoms with van der Waals surface area (Å²) >= 11 is 0. The Morgan fingerprint density at radius 1 is 1.39 bits per heavy atom. The molecule has 2 saturated heterocycles. The van der Waals surface area contributed by atoms with Crippen LogP contribution in [0.1, 0.15) is 12.5 Å². The van der Waals surface area contributed by atoms with E-state index in [1.807, 2.05) is 12.1 Å². The zero-order chi connectivity index (χ0) is 20.8. The average molecular weight is 405 g/mol. The largest absolute Gasteiger partial charge is 0.496 e. The molecule has 0 spiro atoms. The third-order valence-electron chi connectivity index (χ3n) is 5.01. The summed E-state index contributed by atoms with van der Waals surface area (Å²) in [6, 6.07) is 8.28. The van der Waals surface area contributed by atoms with Crippen LogP contribution in [0.25, 0.3) is 0 Å². The number of carboxylic acid groups (broad SMARTS) is 1. The van der Waals surface area contributed by atoms with Gasteiger partial charge < -0.3 is 19.3 Å². The summed E-state index contributed by atoms with van der Waals surface area (Å²) in [5.74, 6) is -1.18. The first-order chi connectivity index (χ1) is 13.2. The topological polar surface area (TPSA) is 68.2 Å². The Kier molecular flexibility index (Phi) is 7.68. The Balaban J connectivity index is 0.000000345. The Morgan fingerprint density at radius 3 is 2.68 bits per heavy atom. The number of carbonyl (C=O) groups is 1. The summed E-state index contributed by atoms with van der Waals surface area (Å²) < 4.78 is 48.7. The van der Waals surface area contributed by atoms with Crippen molar-refractivity contribution in [1.29, 1.82) is 0 Å². The molecule has 0 radical (unpaired) electrons. The minimum Gasteiger partial charge on any atom is -0.496 e. The zero-order valence-electron chi connectivity index (χ0n) is 16.0. The molecule has 9 heteroatoms. The third-order valence-corrected chi connectivity index (χ3v) is 5.01. The van der Waals surface area contributed by atoms with E-state index >= 15 is 0 Å². The van der Waals surface area contributed by atoms with E-state index in [-0.39, 0.29) is 5.41 Å². The molecule has 2 atom stereocenters.